The van der Waals surface area contributed by atoms with Crippen molar-refractivity contribution in [2.24, 2.45) is 4.99 Å². The van der Waals surface area contributed by atoms with Crippen molar-refractivity contribution in [3.63, 3.8) is 0 Å². The van der Waals surface area contributed by atoms with Crippen molar-refractivity contribution in [2.75, 3.05) is 26.2 Å². The number of piperidine rings is 1. The molecule has 0 saturated carbocycles. The highest BCUT2D eigenvalue weighted by Gasteiger charge is 2.24. The van der Waals surface area contributed by atoms with E-state index in [4.69, 9.17) is 9.47 Å². The predicted molar refractivity (Wildman–Crippen MR) is 136 cm³/mol. The number of benzene rings is 1. The van der Waals surface area contributed by atoms with Crippen molar-refractivity contribution < 1.29 is 18.7 Å². The minimum atomic E-state index is -0.358. The number of hydrogen-bond acceptors (Lipinski definition) is 5. The zero-order valence-corrected chi connectivity index (χ0v) is 21.3. The summed E-state index contributed by atoms with van der Waals surface area (Å²) in [6.45, 7) is 6.73. The molecule has 0 spiro atoms. The van der Waals surface area contributed by atoms with E-state index in [0.717, 1.165) is 30.9 Å². The molecule has 8 nitrogen and oxygen atoms in total. The molecule has 2 N–H and O–H groups in total. The van der Waals surface area contributed by atoms with E-state index in [-0.39, 0.29) is 41.9 Å². The second-order valence-electron chi connectivity index (χ2n) is 7.36. The first-order valence-electron chi connectivity index (χ1n) is 10.9. The highest BCUT2D eigenvalue weighted by molar-refractivity contribution is 14.0. The number of halogens is 2. The van der Waals surface area contributed by atoms with E-state index in [1.807, 2.05) is 19.9 Å². The summed E-state index contributed by atoms with van der Waals surface area (Å²) in [6.07, 6.45) is 3.11. The second-order valence-corrected chi connectivity index (χ2v) is 7.36. The van der Waals surface area contributed by atoms with E-state index in [9.17, 15) is 9.18 Å². The number of pyridine rings is 1. The van der Waals surface area contributed by atoms with E-state index in [1.165, 1.54) is 12.1 Å². The first-order chi connectivity index (χ1) is 15.6. The maximum atomic E-state index is 13.3. The number of hydrogen-bond donors (Lipinski definition) is 2. The number of likely N-dealkylation sites (tertiary alicyclic amines) is 1. The molecule has 1 aliphatic rings. The molecule has 0 atom stereocenters. The number of carbonyl (C=O) groups is 1. The van der Waals surface area contributed by atoms with Crippen molar-refractivity contribution in [1.29, 1.82) is 0 Å². The zero-order chi connectivity index (χ0) is 22.8. The lowest BCUT2D eigenvalue weighted by Crippen LogP contribution is -2.49. The molecule has 0 radical (unpaired) electrons. The lowest BCUT2D eigenvalue weighted by atomic mass is 10.1. The monoisotopic (exact) mass is 571 g/mol. The lowest BCUT2D eigenvalue weighted by Gasteiger charge is -2.32. The van der Waals surface area contributed by atoms with Gasteiger partial charge in [0, 0.05) is 44.0 Å². The van der Waals surface area contributed by atoms with E-state index < -0.39 is 0 Å². The molecule has 0 unspecified atom stereocenters. The summed E-state index contributed by atoms with van der Waals surface area (Å²) in [6, 6.07) is 9.79. The normalized spacial score (nSPS) is 14.3. The zero-order valence-electron chi connectivity index (χ0n) is 18.9. The summed E-state index contributed by atoms with van der Waals surface area (Å²) in [5.74, 6) is 1.16. The lowest BCUT2D eigenvalue weighted by molar-refractivity contribution is 0.0963. The Morgan fingerprint density at radius 2 is 2.03 bits per heavy atom. The molecular weight excluding hydrogens is 540 g/mol. The summed E-state index contributed by atoms with van der Waals surface area (Å²) < 4.78 is 23.9. The average molecular weight is 571 g/mol. The van der Waals surface area contributed by atoms with Crippen LogP contribution in [0.5, 0.6) is 11.6 Å². The van der Waals surface area contributed by atoms with Gasteiger partial charge in [0.05, 0.1) is 13.2 Å². The standard InChI is InChI=1S/C23H30FN5O3.HI/c1-3-25-22(28-19-10-12-29(13-11-19)23(30)31-4-2)27-16-17-8-9-21(26-15-17)32-20-7-5-6-18(24)14-20;/h5-9,14-15,19H,3-4,10-13,16H2,1-2H3,(H2,25,27,28);1H. The summed E-state index contributed by atoms with van der Waals surface area (Å²) >= 11 is 0. The van der Waals surface area contributed by atoms with Crippen LogP contribution >= 0.6 is 24.0 Å². The molecule has 2 heterocycles. The molecule has 1 aromatic carbocycles. The van der Waals surface area contributed by atoms with Crippen molar-refractivity contribution in [1.82, 2.24) is 20.5 Å². The Morgan fingerprint density at radius 1 is 1.24 bits per heavy atom. The summed E-state index contributed by atoms with van der Waals surface area (Å²) in [4.78, 5) is 22.5. The third-order valence-corrected chi connectivity index (χ3v) is 4.94. The fourth-order valence-corrected chi connectivity index (χ4v) is 3.32. The minimum Gasteiger partial charge on any atom is -0.450 e. The Labute approximate surface area is 211 Å². The first-order valence-corrected chi connectivity index (χ1v) is 10.9. The van der Waals surface area contributed by atoms with Crippen LogP contribution in [0.25, 0.3) is 0 Å². The van der Waals surface area contributed by atoms with Crippen LogP contribution in [0.4, 0.5) is 9.18 Å². The van der Waals surface area contributed by atoms with Gasteiger partial charge in [-0.25, -0.2) is 19.2 Å². The van der Waals surface area contributed by atoms with Gasteiger partial charge in [-0.2, -0.15) is 0 Å². The van der Waals surface area contributed by atoms with Crippen molar-refractivity contribution in [3.05, 3.63) is 54.0 Å². The van der Waals surface area contributed by atoms with Crippen LogP contribution in [0.3, 0.4) is 0 Å². The molecule has 1 amide bonds. The average Bonchev–Trinajstić information content (AvgIpc) is 2.79. The van der Waals surface area contributed by atoms with Gasteiger partial charge in [-0.3, -0.25) is 0 Å². The molecular formula is C23H31FIN5O3. The number of nitrogens with zero attached hydrogens (tertiary/aromatic N) is 3. The molecule has 1 aromatic heterocycles. The van der Waals surface area contributed by atoms with Gasteiger partial charge < -0.3 is 25.0 Å². The van der Waals surface area contributed by atoms with E-state index >= 15 is 0 Å². The van der Waals surface area contributed by atoms with Crippen molar-refractivity contribution in [3.8, 4) is 11.6 Å². The summed E-state index contributed by atoms with van der Waals surface area (Å²) in [7, 11) is 0. The van der Waals surface area contributed by atoms with E-state index in [1.54, 1.807) is 29.3 Å². The molecule has 10 heteroatoms. The quantitative estimate of drug-likeness (QED) is 0.293. The van der Waals surface area contributed by atoms with Crippen LogP contribution in [-0.4, -0.2) is 54.2 Å². The van der Waals surface area contributed by atoms with Gasteiger partial charge in [0.15, 0.2) is 5.96 Å². The van der Waals surface area contributed by atoms with E-state index in [0.29, 0.717) is 37.9 Å². The second kappa shape index (κ2) is 13.8. The Morgan fingerprint density at radius 3 is 2.67 bits per heavy atom. The maximum Gasteiger partial charge on any atom is 0.409 e. The van der Waals surface area contributed by atoms with Gasteiger partial charge in [0.2, 0.25) is 5.88 Å². The third kappa shape index (κ3) is 8.67. The molecule has 0 bridgehead atoms. The highest BCUT2D eigenvalue weighted by atomic mass is 127. The van der Waals surface area contributed by atoms with Crippen LogP contribution in [-0.2, 0) is 11.3 Å². The first kappa shape index (κ1) is 26.6. The van der Waals surface area contributed by atoms with Crippen LogP contribution in [0.1, 0.15) is 32.3 Å². The van der Waals surface area contributed by atoms with Gasteiger partial charge in [0.1, 0.15) is 11.6 Å². The summed E-state index contributed by atoms with van der Waals surface area (Å²) in [5.41, 5.74) is 0.922. The van der Waals surface area contributed by atoms with Crippen molar-refractivity contribution in [2.45, 2.75) is 39.3 Å². The number of guanidine groups is 1. The number of rotatable bonds is 7. The van der Waals surface area contributed by atoms with Gasteiger partial charge >= 0.3 is 6.09 Å². The van der Waals surface area contributed by atoms with Gasteiger partial charge in [-0.1, -0.05) is 12.1 Å². The summed E-state index contributed by atoms with van der Waals surface area (Å²) in [5, 5.41) is 6.70. The molecule has 3 rings (SSSR count). The number of amides is 1. The fraction of sp³-hybridized carbons (Fsp3) is 0.435. The highest BCUT2D eigenvalue weighted by Crippen LogP contribution is 2.20. The molecule has 0 aliphatic carbocycles. The molecule has 1 aliphatic heterocycles. The van der Waals surface area contributed by atoms with Gasteiger partial charge in [-0.05, 0) is 44.4 Å². The van der Waals surface area contributed by atoms with E-state index in [2.05, 4.69) is 20.6 Å². The number of carbonyl (C=O) groups excluding carboxylic acids is 1. The maximum absolute atomic E-state index is 13.3. The fourth-order valence-electron chi connectivity index (χ4n) is 3.32. The number of aromatic nitrogens is 1. The topological polar surface area (TPSA) is 88.1 Å². The molecule has 180 valence electrons. The Kier molecular flexibility index (Phi) is 11.1. The largest absolute Gasteiger partial charge is 0.450 e. The SMILES string of the molecule is CCNC(=NCc1ccc(Oc2cccc(F)c2)nc1)NC1CCN(C(=O)OCC)CC1.I. The molecule has 33 heavy (non-hydrogen) atoms. The Hall–Kier alpha value is -2.63. The van der Waals surface area contributed by atoms with Crippen molar-refractivity contribution >= 4 is 36.0 Å². The smallest absolute Gasteiger partial charge is 0.409 e. The molecule has 1 saturated heterocycles. The van der Waals surface area contributed by atoms with Gasteiger partial charge in [0.25, 0.3) is 0 Å². The van der Waals surface area contributed by atoms with Crippen LogP contribution in [0.2, 0.25) is 0 Å². The van der Waals surface area contributed by atoms with Crippen LogP contribution < -0.4 is 15.4 Å². The minimum absolute atomic E-state index is 0. The van der Waals surface area contributed by atoms with Crippen LogP contribution in [0.15, 0.2) is 47.6 Å². The number of ether oxygens (including phenoxy) is 2. The third-order valence-electron chi connectivity index (χ3n) is 4.94. The molecule has 2 aromatic rings. The number of aliphatic imine (C=N–C) groups is 1. The molecule has 1 fully saturated rings. The van der Waals surface area contributed by atoms with Crippen LogP contribution in [0, 0.1) is 5.82 Å². The van der Waals surface area contributed by atoms with Gasteiger partial charge in [-0.15, -0.1) is 24.0 Å². The predicted octanol–water partition coefficient (Wildman–Crippen LogP) is 4.31. The number of nitrogens with one attached hydrogen (secondary N) is 2. The Bertz CT molecular complexity index is 905. The Balaban J connectivity index is 0.00000385.